The van der Waals surface area contributed by atoms with Crippen LogP contribution >= 0.6 is 0 Å². The summed E-state index contributed by atoms with van der Waals surface area (Å²) in [5.41, 5.74) is 7.49. The van der Waals surface area contributed by atoms with Gasteiger partial charge in [0.05, 0.1) is 12.2 Å². The fourth-order valence-electron chi connectivity index (χ4n) is 3.95. The average molecular weight is 432 g/mol. The molecule has 0 aromatic heterocycles. The van der Waals surface area contributed by atoms with E-state index in [1.54, 1.807) is 12.1 Å². The van der Waals surface area contributed by atoms with Crippen molar-refractivity contribution >= 4 is 17.7 Å². The van der Waals surface area contributed by atoms with Gasteiger partial charge in [-0.15, -0.1) is 0 Å². The lowest BCUT2D eigenvalue weighted by molar-refractivity contribution is -0.148. The highest BCUT2D eigenvalue weighted by Gasteiger charge is 2.42. The number of methoxy groups -OCH3 is 1. The zero-order chi connectivity index (χ0) is 22.6. The third-order valence-electron chi connectivity index (χ3n) is 5.31. The molecular formula is C24H33NO6. The predicted octanol–water partition coefficient (Wildman–Crippen LogP) is 4.32. The van der Waals surface area contributed by atoms with Gasteiger partial charge < -0.3 is 29.4 Å². The molecule has 2 aliphatic heterocycles. The molecule has 7 nitrogen and oxygen atoms in total. The summed E-state index contributed by atoms with van der Waals surface area (Å²) in [6.07, 6.45) is 8.69. The number of anilines is 1. The van der Waals surface area contributed by atoms with Crippen LogP contribution in [0.1, 0.15) is 56.5 Å². The normalized spacial score (nSPS) is 30.4. The molecule has 170 valence electrons. The van der Waals surface area contributed by atoms with Crippen molar-refractivity contribution in [1.29, 1.82) is 0 Å². The summed E-state index contributed by atoms with van der Waals surface area (Å²) in [6, 6.07) is 3.34. The van der Waals surface area contributed by atoms with Crippen LogP contribution in [0.3, 0.4) is 0 Å². The van der Waals surface area contributed by atoms with E-state index in [0.717, 1.165) is 0 Å². The number of esters is 1. The number of hydrogen-bond acceptors (Lipinski definition) is 7. The molecule has 2 heterocycles. The van der Waals surface area contributed by atoms with Gasteiger partial charge in [0.25, 0.3) is 0 Å². The van der Waals surface area contributed by atoms with Crippen LogP contribution in [0, 0.1) is 5.92 Å². The van der Waals surface area contributed by atoms with Crippen LogP contribution in [0.25, 0.3) is 6.08 Å². The fraction of sp³-hybridized carbons (Fsp3) is 0.542. The number of cyclic esters (lactones) is 1. The van der Waals surface area contributed by atoms with Crippen molar-refractivity contribution in [2.45, 2.75) is 64.6 Å². The molecule has 3 rings (SSSR count). The van der Waals surface area contributed by atoms with Crippen molar-refractivity contribution in [1.82, 2.24) is 0 Å². The van der Waals surface area contributed by atoms with Crippen LogP contribution in [0.15, 0.2) is 30.4 Å². The summed E-state index contributed by atoms with van der Waals surface area (Å²) >= 11 is 0. The SMILES string of the molecule is COCOc1cc(N)cc2c1C(=O)O[C@@H](C)C/C=C\C(C)[C@H]1OC(C)(C)O[C@H]1C/C=C/2. The lowest BCUT2D eigenvalue weighted by atomic mass is 9.96. The number of carbonyl (C=O) groups excluding carboxylic acids is 1. The summed E-state index contributed by atoms with van der Waals surface area (Å²) in [7, 11) is 1.51. The highest BCUT2D eigenvalue weighted by Crippen LogP contribution is 2.35. The molecule has 0 radical (unpaired) electrons. The molecule has 7 heteroatoms. The number of benzene rings is 1. The van der Waals surface area contributed by atoms with Crippen molar-refractivity contribution in [2.24, 2.45) is 5.92 Å². The van der Waals surface area contributed by atoms with E-state index < -0.39 is 11.8 Å². The highest BCUT2D eigenvalue weighted by molar-refractivity contribution is 5.97. The maximum atomic E-state index is 13.0. The topological polar surface area (TPSA) is 89.2 Å². The van der Waals surface area contributed by atoms with Crippen molar-refractivity contribution in [2.75, 3.05) is 19.6 Å². The van der Waals surface area contributed by atoms with Gasteiger partial charge in [-0.3, -0.25) is 0 Å². The molecule has 2 N–H and O–H groups in total. The summed E-state index contributed by atoms with van der Waals surface area (Å²) < 4.78 is 28.6. The molecule has 1 aromatic rings. The van der Waals surface area contributed by atoms with E-state index >= 15 is 0 Å². The summed E-state index contributed by atoms with van der Waals surface area (Å²) in [5.74, 6) is -0.622. The molecule has 0 saturated carbocycles. The van der Waals surface area contributed by atoms with Gasteiger partial charge in [0.1, 0.15) is 17.4 Å². The molecule has 0 bridgehead atoms. The van der Waals surface area contributed by atoms with Gasteiger partial charge in [-0.2, -0.15) is 0 Å². The first-order valence-electron chi connectivity index (χ1n) is 10.6. The molecule has 4 atom stereocenters. The van der Waals surface area contributed by atoms with Crippen LogP contribution in [-0.2, 0) is 18.9 Å². The quantitative estimate of drug-likeness (QED) is 0.330. The first kappa shape index (κ1) is 23.3. The first-order chi connectivity index (χ1) is 14.7. The Balaban J connectivity index is 2.00. The zero-order valence-corrected chi connectivity index (χ0v) is 18.9. The summed E-state index contributed by atoms with van der Waals surface area (Å²) in [6.45, 7) is 7.83. The van der Waals surface area contributed by atoms with Gasteiger partial charge in [-0.1, -0.05) is 31.2 Å². The first-order valence-corrected chi connectivity index (χ1v) is 10.6. The van der Waals surface area contributed by atoms with Gasteiger partial charge in [0, 0.05) is 31.2 Å². The Bertz CT molecular complexity index is 847. The Morgan fingerprint density at radius 2 is 1.94 bits per heavy atom. The van der Waals surface area contributed by atoms with E-state index in [-0.39, 0.29) is 31.0 Å². The van der Waals surface area contributed by atoms with Crippen LogP contribution < -0.4 is 10.5 Å². The maximum absolute atomic E-state index is 13.0. The lowest BCUT2D eigenvalue weighted by Crippen LogP contribution is -2.28. The summed E-state index contributed by atoms with van der Waals surface area (Å²) in [4.78, 5) is 13.0. The van der Waals surface area contributed by atoms with E-state index in [1.807, 2.05) is 39.0 Å². The summed E-state index contributed by atoms with van der Waals surface area (Å²) in [5, 5.41) is 0. The highest BCUT2D eigenvalue weighted by atomic mass is 16.8. The number of carbonyl (C=O) groups is 1. The number of nitrogen functional groups attached to an aromatic ring is 1. The molecule has 0 spiro atoms. The Hall–Kier alpha value is -2.35. The third kappa shape index (κ3) is 5.87. The van der Waals surface area contributed by atoms with Crippen LogP contribution in [-0.4, -0.2) is 44.0 Å². The van der Waals surface area contributed by atoms with E-state index in [0.29, 0.717) is 35.4 Å². The Morgan fingerprint density at radius 1 is 1.16 bits per heavy atom. The van der Waals surface area contributed by atoms with E-state index in [4.69, 9.17) is 29.4 Å². The van der Waals surface area contributed by atoms with Crippen LogP contribution in [0.2, 0.25) is 0 Å². The smallest absolute Gasteiger partial charge is 0.342 e. The number of hydrogen-bond donors (Lipinski definition) is 1. The zero-order valence-electron chi connectivity index (χ0n) is 18.9. The largest absolute Gasteiger partial charge is 0.467 e. The van der Waals surface area contributed by atoms with E-state index in [2.05, 4.69) is 13.0 Å². The van der Waals surface area contributed by atoms with E-state index in [9.17, 15) is 4.79 Å². The van der Waals surface area contributed by atoms with Gasteiger partial charge >= 0.3 is 5.97 Å². The Morgan fingerprint density at radius 3 is 2.68 bits per heavy atom. The second kappa shape index (κ2) is 9.85. The third-order valence-corrected chi connectivity index (χ3v) is 5.31. The minimum atomic E-state index is -0.644. The number of fused-ring (bicyclic) bond motifs is 2. The lowest BCUT2D eigenvalue weighted by Gasteiger charge is -2.21. The van der Waals surface area contributed by atoms with Gasteiger partial charge in [-0.25, -0.2) is 4.79 Å². The Labute approximate surface area is 184 Å². The maximum Gasteiger partial charge on any atom is 0.342 e. The fourth-order valence-corrected chi connectivity index (χ4v) is 3.95. The number of ether oxygens (including phenoxy) is 5. The van der Waals surface area contributed by atoms with Crippen molar-refractivity contribution < 1.29 is 28.5 Å². The standard InChI is InChI=1S/C24H33NO6/c1-15-8-6-9-16(2)29-23(26)21-17(12-18(25)13-20(21)28-14-27-5)10-7-11-19-22(15)31-24(3,4)30-19/h6-8,10,12-13,15-16,19,22H,9,11,14,25H2,1-5H3/b8-6-,10-7+/t15?,16-,19-,22+/m0/s1. The molecule has 1 saturated heterocycles. The molecule has 2 aliphatic rings. The second-order valence-electron chi connectivity index (χ2n) is 8.55. The Kier molecular flexibility index (Phi) is 7.41. The van der Waals surface area contributed by atoms with Gasteiger partial charge in [0.2, 0.25) is 0 Å². The molecule has 1 fully saturated rings. The predicted molar refractivity (Wildman–Crippen MR) is 119 cm³/mol. The molecule has 1 aromatic carbocycles. The monoisotopic (exact) mass is 431 g/mol. The van der Waals surface area contributed by atoms with Crippen molar-refractivity contribution in [3.63, 3.8) is 0 Å². The number of nitrogens with two attached hydrogens (primary N) is 1. The minimum absolute atomic E-state index is 0.00686. The van der Waals surface area contributed by atoms with Crippen LogP contribution in [0.5, 0.6) is 5.75 Å². The van der Waals surface area contributed by atoms with Gasteiger partial charge in [0.15, 0.2) is 12.6 Å². The molecule has 31 heavy (non-hydrogen) atoms. The number of rotatable bonds is 3. The average Bonchev–Trinajstić information content (AvgIpc) is 2.99. The molecular weight excluding hydrogens is 398 g/mol. The van der Waals surface area contributed by atoms with Crippen molar-refractivity contribution in [3.8, 4) is 5.75 Å². The van der Waals surface area contributed by atoms with Crippen LogP contribution in [0.4, 0.5) is 5.69 Å². The molecule has 0 aliphatic carbocycles. The molecule has 0 amide bonds. The van der Waals surface area contributed by atoms with Crippen molar-refractivity contribution in [3.05, 3.63) is 41.5 Å². The second-order valence-corrected chi connectivity index (χ2v) is 8.55. The molecule has 1 unspecified atom stereocenters. The minimum Gasteiger partial charge on any atom is -0.467 e. The van der Waals surface area contributed by atoms with Gasteiger partial charge in [-0.05, 0) is 38.8 Å². The van der Waals surface area contributed by atoms with E-state index in [1.165, 1.54) is 7.11 Å².